The molecule has 1 aliphatic heterocycles. The number of anilines is 1. The lowest BCUT2D eigenvalue weighted by atomic mass is 10.1. The quantitative estimate of drug-likeness (QED) is 0.756. The fourth-order valence-electron chi connectivity index (χ4n) is 2.17. The Morgan fingerprint density at radius 3 is 2.58 bits per heavy atom. The molecule has 0 fully saturated rings. The molecule has 1 aromatic rings. The summed E-state index contributed by atoms with van der Waals surface area (Å²) in [5.74, 6) is -1.49. The number of benzene rings is 1. The van der Waals surface area contributed by atoms with Crippen LogP contribution in [0.2, 0.25) is 0 Å². The zero-order valence-corrected chi connectivity index (χ0v) is 14.7. The minimum atomic E-state index is -1.07. The van der Waals surface area contributed by atoms with Gasteiger partial charge in [-0.2, -0.15) is 0 Å². The van der Waals surface area contributed by atoms with Crippen molar-refractivity contribution in [2.75, 3.05) is 5.32 Å². The molecule has 0 unspecified atom stereocenters. The Morgan fingerprint density at radius 2 is 2.00 bits per heavy atom. The van der Waals surface area contributed by atoms with E-state index in [1.807, 2.05) is 6.92 Å². The molecule has 7 nitrogen and oxygen atoms in total. The van der Waals surface area contributed by atoms with E-state index in [0.717, 1.165) is 4.90 Å². The van der Waals surface area contributed by atoms with Crippen LogP contribution in [0.1, 0.15) is 38.1 Å². The molecule has 0 saturated carbocycles. The summed E-state index contributed by atoms with van der Waals surface area (Å²) in [4.78, 5) is 36.2. The third kappa shape index (κ3) is 4.41. The summed E-state index contributed by atoms with van der Waals surface area (Å²) in [6.45, 7) is 7.02. The summed E-state index contributed by atoms with van der Waals surface area (Å²) in [6, 6.07) is 3.74. The monoisotopic (exact) mass is 352 g/mol. The number of hydrogen-bond donors (Lipinski definition) is 3. The van der Waals surface area contributed by atoms with E-state index in [0.29, 0.717) is 5.69 Å². The second-order valence-corrected chi connectivity index (χ2v) is 7.87. The van der Waals surface area contributed by atoms with E-state index in [2.05, 4.69) is 10.6 Å². The van der Waals surface area contributed by atoms with Crippen LogP contribution in [-0.2, 0) is 9.53 Å². The molecule has 8 heteroatoms. The highest BCUT2D eigenvalue weighted by Gasteiger charge is 2.33. The van der Waals surface area contributed by atoms with Crippen LogP contribution in [0.3, 0.4) is 0 Å². The Kier molecular flexibility index (Phi) is 5.08. The number of aromatic carboxylic acids is 1. The van der Waals surface area contributed by atoms with E-state index in [1.54, 1.807) is 26.8 Å². The Hall–Kier alpha value is -2.22. The number of nitrogens with one attached hydrogen (secondary N) is 2. The van der Waals surface area contributed by atoms with Gasteiger partial charge in [0.15, 0.2) is 0 Å². The maximum atomic E-state index is 12.4. The molecule has 0 saturated heterocycles. The second kappa shape index (κ2) is 6.72. The summed E-state index contributed by atoms with van der Waals surface area (Å²) in [7, 11) is 0. The van der Waals surface area contributed by atoms with Crippen LogP contribution in [0.4, 0.5) is 10.5 Å². The van der Waals surface area contributed by atoms with Gasteiger partial charge in [0.2, 0.25) is 5.91 Å². The van der Waals surface area contributed by atoms with Gasteiger partial charge >= 0.3 is 12.1 Å². The van der Waals surface area contributed by atoms with Crippen LogP contribution in [0.25, 0.3) is 0 Å². The predicted molar refractivity (Wildman–Crippen MR) is 90.5 cm³/mol. The van der Waals surface area contributed by atoms with Crippen molar-refractivity contribution in [2.24, 2.45) is 0 Å². The number of carboxylic acids is 1. The van der Waals surface area contributed by atoms with Crippen LogP contribution < -0.4 is 10.6 Å². The molecule has 2 amide bonds. The number of thioether (sulfide) groups is 1. The average Bonchev–Trinajstić information content (AvgIpc) is 2.54. The highest BCUT2D eigenvalue weighted by atomic mass is 32.2. The number of alkyl carbamates (subject to hydrolysis) is 1. The van der Waals surface area contributed by atoms with Crippen LogP contribution in [0.5, 0.6) is 0 Å². The molecule has 2 atom stereocenters. The van der Waals surface area contributed by atoms with E-state index in [-0.39, 0.29) is 10.8 Å². The third-order valence-electron chi connectivity index (χ3n) is 3.22. The molecule has 0 aliphatic carbocycles. The van der Waals surface area contributed by atoms with Gasteiger partial charge in [0.25, 0.3) is 0 Å². The predicted octanol–water partition coefficient (Wildman–Crippen LogP) is 2.71. The molecule has 2 rings (SSSR count). The van der Waals surface area contributed by atoms with E-state index >= 15 is 0 Å². The van der Waals surface area contributed by atoms with Gasteiger partial charge in [-0.1, -0.05) is 6.92 Å². The van der Waals surface area contributed by atoms with Crippen molar-refractivity contribution in [3.63, 3.8) is 0 Å². The smallest absolute Gasteiger partial charge is 0.408 e. The maximum absolute atomic E-state index is 12.4. The number of carboxylic acid groups (broad SMARTS) is 1. The molecular formula is C16H20N2O5S. The lowest BCUT2D eigenvalue weighted by Crippen LogP contribution is -2.49. The van der Waals surface area contributed by atoms with E-state index in [4.69, 9.17) is 9.84 Å². The SMILES string of the molecule is C[C@H]1Sc2ccc(C(=O)O)cc2NC(=O)[C@H]1NC(=O)OC(C)(C)C. The second-order valence-electron chi connectivity index (χ2n) is 6.45. The van der Waals surface area contributed by atoms with Gasteiger partial charge in [0.1, 0.15) is 11.6 Å². The van der Waals surface area contributed by atoms with Crippen LogP contribution in [0.15, 0.2) is 23.1 Å². The van der Waals surface area contributed by atoms with Crippen molar-refractivity contribution in [1.82, 2.24) is 5.32 Å². The van der Waals surface area contributed by atoms with Crippen LogP contribution in [-0.4, -0.2) is 40.0 Å². The summed E-state index contributed by atoms with van der Waals surface area (Å²) in [5.41, 5.74) is -0.160. The largest absolute Gasteiger partial charge is 0.478 e. The molecule has 0 aromatic heterocycles. The van der Waals surface area contributed by atoms with E-state index in [9.17, 15) is 14.4 Å². The number of carbonyl (C=O) groups is 3. The summed E-state index contributed by atoms with van der Waals surface area (Å²) in [5, 5.41) is 14.1. The van der Waals surface area contributed by atoms with Gasteiger partial charge in [-0.3, -0.25) is 4.79 Å². The zero-order chi connectivity index (χ0) is 18.1. The van der Waals surface area contributed by atoms with Crippen molar-refractivity contribution in [2.45, 2.75) is 49.5 Å². The van der Waals surface area contributed by atoms with Gasteiger partial charge < -0.3 is 20.5 Å². The molecular weight excluding hydrogens is 332 g/mol. The molecule has 1 heterocycles. The van der Waals surface area contributed by atoms with Crippen molar-refractivity contribution in [1.29, 1.82) is 0 Å². The number of amides is 2. The molecule has 3 N–H and O–H groups in total. The molecule has 0 radical (unpaired) electrons. The van der Waals surface area contributed by atoms with Crippen LogP contribution >= 0.6 is 11.8 Å². The van der Waals surface area contributed by atoms with Crippen molar-refractivity contribution >= 4 is 35.4 Å². The topological polar surface area (TPSA) is 105 Å². The maximum Gasteiger partial charge on any atom is 0.408 e. The highest BCUT2D eigenvalue weighted by molar-refractivity contribution is 8.00. The van der Waals surface area contributed by atoms with Gasteiger partial charge in [-0.05, 0) is 39.0 Å². The first-order valence-corrected chi connectivity index (χ1v) is 8.29. The lowest BCUT2D eigenvalue weighted by molar-refractivity contribution is -0.118. The summed E-state index contributed by atoms with van der Waals surface area (Å²) < 4.78 is 5.19. The van der Waals surface area contributed by atoms with Gasteiger partial charge in [-0.25, -0.2) is 9.59 Å². The number of rotatable bonds is 2. The summed E-state index contributed by atoms with van der Waals surface area (Å²) in [6.07, 6.45) is -0.674. The Labute approximate surface area is 144 Å². The molecule has 0 spiro atoms. The lowest BCUT2D eigenvalue weighted by Gasteiger charge is -2.24. The van der Waals surface area contributed by atoms with Crippen molar-refractivity contribution in [3.05, 3.63) is 23.8 Å². The molecule has 130 valence electrons. The minimum absolute atomic E-state index is 0.0841. The number of ether oxygens (including phenoxy) is 1. The Balaban J connectivity index is 2.19. The number of hydrogen-bond acceptors (Lipinski definition) is 5. The molecule has 1 aliphatic rings. The van der Waals surface area contributed by atoms with Gasteiger partial charge in [0.05, 0.1) is 11.3 Å². The number of carbonyl (C=O) groups excluding carboxylic acids is 2. The van der Waals surface area contributed by atoms with Crippen LogP contribution in [0, 0.1) is 0 Å². The molecule has 1 aromatic carbocycles. The Bertz CT molecular complexity index is 684. The molecule has 24 heavy (non-hydrogen) atoms. The minimum Gasteiger partial charge on any atom is -0.478 e. The fourth-order valence-corrected chi connectivity index (χ4v) is 3.28. The first-order chi connectivity index (χ1) is 11.1. The first-order valence-electron chi connectivity index (χ1n) is 7.41. The fraction of sp³-hybridized carbons (Fsp3) is 0.438. The van der Waals surface area contributed by atoms with Crippen molar-refractivity contribution < 1.29 is 24.2 Å². The molecule has 0 bridgehead atoms. The van der Waals surface area contributed by atoms with Gasteiger partial charge in [0, 0.05) is 10.1 Å². The average molecular weight is 352 g/mol. The van der Waals surface area contributed by atoms with Gasteiger partial charge in [-0.15, -0.1) is 11.8 Å². The van der Waals surface area contributed by atoms with E-state index in [1.165, 1.54) is 23.9 Å². The standard InChI is InChI=1S/C16H20N2O5S/c1-8-12(18-15(22)23-16(2,3)4)13(19)17-10-7-9(14(20)21)5-6-11(10)24-8/h5-8,12H,1-4H3,(H,17,19)(H,18,22)(H,20,21)/t8-,12+/m1/s1. The highest BCUT2D eigenvalue weighted by Crippen LogP contribution is 2.35. The number of fused-ring (bicyclic) bond motifs is 1. The first kappa shape index (κ1) is 18.1. The van der Waals surface area contributed by atoms with E-state index < -0.39 is 29.6 Å². The zero-order valence-electron chi connectivity index (χ0n) is 13.9. The van der Waals surface area contributed by atoms with Crippen molar-refractivity contribution in [3.8, 4) is 0 Å². The summed E-state index contributed by atoms with van der Waals surface area (Å²) >= 11 is 1.38. The normalized spacial score (nSPS) is 20.4. The Morgan fingerprint density at radius 1 is 1.33 bits per heavy atom. The third-order valence-corrected chi connectivity index (χ3v) is 4.48.